The van der Waals surface area contributed by atoms with Gasteiger partial charge in [-0.1, -0.05) is 50.8 Å². The molecule has 17 heavy (non-hydrogen) atoms. The van der Waals surface area contributed by atoms with Crippen molar-refractivity contribution < 1.29 is 0 Å². The van der Waals surface area contributed by atoms with E-state index < -0.39 is 0 Å². The number of nitrogens with zero attached hydrogens (tertiary/aromatic N) is 1. The van der Waals surface area contributed by atoms with Crippen LogP contribution >= 0.6 is 11.8 Å². The van der Waals surface area contributed by atoms with Crippen LogP contribution in [0.4, 0.5) is 0 Å². The summed E-state index contributed by atoms with van der Waals surface area (Å²) in [5.74, 6) is 1.18. The number of hydrogen-bond acceptors (Lipinski definition) is 2. The van der Waals surface area contributed by atoms with Crippen LogP contribution in [0.2, 0.25) is 0 Å². The lowest BCUT2D eigenvalue weighted by Crippen LogP contribution is -2.40. The highest BCUT2D eigenvalue weighted by atomic mass is 32.2. The molecule has 0 bridgehead atoms. The summed E-state index contributed by atoms with van der Waals surface area (Å²) in [6, 6.07) is 0.588. The molecule has 3 heteroatoms. The Bertz CT molecular complexity index is 269. The second-order valence-electron chi connectivity index (χ2n) is 5.76. The highest BCUT2D eigenvalue weighted by molar-refractivity contribution is 8.14. The molecule has 2 aliphatic rings. The molecule has 1 saturated heterocycles. The van der Waals surface area contributed by atoms with E-state index in [-0.39, 0.29) is 5.54 Å². The number of nitrogens with one attached hydrogen (secondary N) is 1. The maximum absolute atomic E-state index is 4.95. The van der Waals surface area contributed by atoms with E-state index in [4.69, 9.17) is 4.99 Å². The number of aliphatic imine (C=N–C) groups is 1. The standard InChI is InChI=1S/C14H26N2S/c1-3-14(2)11-17-13(16-14)15-12-9-7-5-4-6-8-10-12/h12H,3-11H2,1-2H3,(H,15,16). The summed E-state index contributed by atoms with van der Waals surface area (Å²) in [6.45, 7) is 4.56. The summed E-state index contributed by atoms with van der Waals surface area (Å²) in [7, 11) is 0. The SMILES string of the molecule is CCC1(C)CSC(=NC2CCCCCCC2)N1. The lowest BCUT2D eigenvalue weighted by Gasteiger charge is -2.21. The molecule has 0 aromatic carbocycles. The molecule has 1 heterocycles. The molecule has 1 atom stereocenters. The van der Waals surface area contributed by atoms with Gasteiger partial charge in [-0.15, -0.1) is 0 Å². The lowest BCUT2D eigenvalue weighted by molar-refractivity contribution is 0.446. The first kappa shape index (κ1) is 13.3. The van der Waals surface area contributed by atoms with Crippen LogP contribution in [0.1, 0.15) is 65.2 Å². The molecule has 1 N–H and O–H groups in total. The van der Waals surface area contributed by atoms with Gasteiger partial charge in [-0.3, -0.25) is 4.99 Å². The molecule has 1 aliphatic heterocycles. The molecule has 2 nitrogen and oxygen atoms in total. The zero-order chi connectivity index (χ0) is 12.1. The summed E-state index contributed by atoms with van der Waals surface area (Å²) in [4.78, 5) is 4.95. The van der Waals surface area contributed by atoms with Crippen molar-refractivity contribution in [1.82, 2.24) is 5.32 Å². The van der Waals surface area contributed by atoms with E-state index >= 15 is 0 Å². The van der Waals surface area contributed by atoms with Crippen LogP contribution in [-0.4, -0.2) is 22.5 Å². The minimum atomic E-state index is 0.283. The first-order valence-electron chi connectivity index (χ1n) is 7.21. The van der Waals surface area contributed by atoms with Gasteiger partial charge in [-0.25, -0.2) is 0 Å². The zero-order valence-corrected chi connectivity index (χ0v) is 12.1. The molecule has 0 amide bonds. The molecule has 98 valence electrons. The van der Waals surface area contributed by atoms with Gasteiger partial charge in [-0.05, 0) is 26.2 Å². The number of hydrogen-bond donors (Lipinski definition) is 1. The second kappa shape index (κ2) is 6.12. The van der Waals surface area contributed by atoms with Crippen LogP contribution in [0.5, 0.6) is 0 Å². The molecule has 0 aromatic rings. The van der Waals surface area contributed by atoms with Crippen molar-refractivity contribution in [2.75, 3.05) is 5.75 Å². The smallest absolute Gasteiger partial charge is 0.157 e. The number of rotatable bonds is 2. The van der Waals surface area contributed by atoms with Gasteiger partial charge in [0.05, 0.1) is 6.04 Å². The van der Waals surface area contributed by atoms with Gasteiger partial charge >= 0.3 is 0 Å². The first-order valence-corrected chi connectivity index (χ1v) is 8.19. The Labute approximate surface area is 110 Å². The quantitative estimate of drug-likeness (QED) is 0.806. The lowest BCUT2D eigenvalue weighted by atomic mass is 9.97. The maximum Gasteiger partial charge on any atom is 0.157 e. The van der Waals surface area contributed by atoms with E-state index in [0.717, 1.165) is 0 Å². The number of thioether (sulfide) groups is 1. The van der Waals surface area contributed by atoms with Gasteiger partial charge in [0.1, 0.15) is 0 Å². The molecular formula is C14H26N2S. The summed E-state index contributed by atoms with van der Waals surface area (Å²) < 4.78 is 0. The Hall–Kier alpha value is -0.180. The van der Waals surface area contributed by atoms with Crippen LogP contribution in [-0.2, 0) is 0 Å². The van der Waals surface area contributed by atoms with Crippen molar-refractivity contribution in [3.05, 3.63) is 0 Å². The molecule has 2 rings (SSSR count). The van der Waals surface area contributed by atoms with E-state index in [1.54, 1.807) is 0 Å². The van der Waals surface area contributed by atoms with Gasteiger partial charge in [0.2, 0.25) is 0 Å². The minimum absolute atomic E-state index is 0.283. The Kier molecular flexibility index (Phi) is 4.78. The average Bonchev–Trinajstić information content (AvgIpc) is 2.65. The fourth-order valence-corrected chi connectivity index (χ4v) is 3.82. The molecule has 0 aromatic heterocycles. The predicted octanol–water partition coefficient (Wildman–Crippen LogP) is 3.96. The van der Waals surface area contributed by atoms with Crippen LogP contribution in [0, 0.1) is 0 Å². The molecular weight excluding hydrogens is 228 g/mol. The third-order valence-corrected chi connectivity index (χ3v) is 5.35. The predicted molar refractivity (Wildman–Crippen MR) is 77.8 cm³/mol. The average molecular weight is 254 g/mol. The zero-order valence-electron chi connectivity index (χ0n) is 11.3. The molecule has 0 radical (unpaired) electrons. The first-order chi connectivity index (χ1) is 8.22. The topological polar surface area (TPSA) is 24.4 Å². The van der Waals surface area contributed by atoms with E-state index in [0.29, 0.717) is 6.04 Å². The highest BCUT2D eigenvalue weighted by Crippen LogP contribution is 2.27. The Morgan fingerprint density at radius 1 is 1.24 bits per heavy atom. The molecule has 1 saturated carbocycles. The molecule has 1 unspecified atom stereocenters. The van der Waals surface area contributed by atoms with Gasteiger partial charge in [0.15, 0.2) is 5.17 Å². The highest BCUT2D eigenvalue weighted by Gasteiger charge is 2.30. The van der Waals surface area contributed by atoms with E-state index in [2.05, 4.69) is 19.2 Å². The van der Waals surface area contributed by atoms with Gasteiger partial charge in [-0.2, -0.15) is 0 Å². The summed E-state index contributed by atoms with van der Waals surface area (Å²) in [6.07, 6.45) is 10.8. The summed E-state index contributed by atoms with van der Waals surface area (Å²) in [5.41, 5.74) is 0.283. The van der Waals surface area contributed by atoms with Gasteiger partial charge in [0.25, 0.3) is 0 Å². The number of amidine groups is 1. The summed E-state index contributed by atoms with van der Waals surface area (Å²) >= 11 is 1.92. The Morgan fingerprint density at radius 3 is 2.47 bits per heavy atom. The monoisotopic (exact) mass is 254 g/mol. The van der Waals surface area contributed by atoms with Crippen molar-refractivity contribution >= 4 is 16.9 Å². The van der Waals surface area contributed by atoms with Crippen LogP contribution in [0.25, 0.3) is 0 Å². The largest absolute Gasteiger partial charge is 0.359 e. The van der Waals surface area contributed by atoms with Crippen molar-refractivity contribution in [3.63, 3.8) is 0 Å². The van der Waals surface area contributed by atoms with Crippen molar-refractivity contribution in [2.24, 2.45) is 4.99 Å². The van der Waals surface area contributed by atoms with Crippen molar-refractivity contribution in [2.45, 2.75) is 76.8 Å². The van der Waals surface area contributed by atoms with Crippen LogP contribution < -0.4 is 5.32 Å². The van der Waals surface area contributed by atoms with Gasteiger partial charge in [0, 0.05) is 11.3 Å². The molecule has 1 aliphatic carbocycles. The van der Waals surface area contributed by atoms with Crippen LogP contribution in [0.3, 0.4) is 0 Å². The normalized spacial score (nSPS) is 34.4. The van der Waals surface area contributed by atoms with E-state index in [1.807, 2.05) is 11.8 Å². The Morgan fingerprint density at radius 2 is 1.88 bits per heavy atom. The third kappa shape index (κ3) is 3.90. The van der Waals surface area contributed by atoms with Crippen LogP contribution in [0.15, 0.2) is 4.99 Å². The van der Waals surface area contributed by atoms with E-state index in [9.17, 15) is 0 Å². The summed E-state index contributed by atoms with van der Waals surface area (Å²) in [5, 5.41) is 4.82. The van der Waals surface area contributed by atoms with Gasteiger partial charge < -0.3 is 5.32 Å². The second-order valence-corrected chi connectivity index (χ2v) is 6.73. The van der Waals surface area contributed by atoms with E-state index in [1.165, 1.54) is 62.3 Å². The van der Waals surface area contributed by atoms with Crippen molar-refractivity contribution in [1.29, 1.82) is 0 Å². The minimum Gasteiger partial charge on any atom is -0.359 e. The maximum atomic E-state index is 4.95. The fraction of sp³-hybridized carbons (Fsp3) is 0.929. The Balaban J connectivity index is 1.90. The molecule has 2 fully saturated rings. The molecule has 0 spiro atoms. The van der Waals surface area contributed by atoms with Crippen molar-refractivity contribution in [3.8, 4) is 0 Å². The fourth-order valence-electron chi connectivity index (χ4n) is 2.55. The third-order valence-electron chi connectivity index (χ3n) is 4.09.